The van der Waals surface area contributed by atoms with Gasteiger partial charge in [-0.05, 0) is 43.5 Å². The number of pyridine rings is 1. The van der Waals surface area contributed by atoms with Crippen molar-refractivity contribution in [1.82, 2.24) is 9.88 Å². The van der Waals surface area contributed by atoms with Gasteiger partial charge in [-0.2, -0.15) is 0 Å². The van der Waals surface area contributed by atoms with Gasteiger partial charge in [-0.3, -0.25) is 9.59 Å². The highest BCUT2D eigenvalue weighted by Crippen LogP contribution is 2.20. The van der Waals surface area contributed by atoms with Gasteiger partial charge in [0.25, 0.3) is 5.56 Å². The predicted molar refractivity (Wildman–Crippen MR) is 110 cm³/mol. The maximum atomic E-state index is 12.6. The van der Waals surface area contributed by atoms with E-state index in [9.17, 15) is 9.59 Å². The number of rotatable bonds is 5. The van der Waals surface area contributed by atoms with E-state index in [0.717, 1.165) is 27.6 Å². The van der Waals surface area contributed by atoms with E-state index in [1.165, 1.54) is 5.56 Å². The average Bonchev–Trinajstić information content (AvgIpc) is 2.66. The summed E-state index contributed by atoms with van der Waals surface area (Å²) in [6, 6.07) is 14.1. The Kier molecular flexibility index (Phi) is 5.45. The summed E-state index contributed by atoms with van der Waals surface area (Å²) in [5, 5.41) is 1.03. The lowest BCUT2D eigenvalue weighted by atomic mass is 10.0. The van der Waals surface area contributed by atoms with Crippen LogP contribution >= 0.6 is 0 Å². The molecule has 1 amide bonds. The van der Waals surface area contributed by atoms with Crippen molar-refractivity contribution in [3.63, 3.8) is 0 Å². The highest BCUT2D eigenvalue weighted by atomic mass is 16.2. The van der Waals surface area contributed by atoms with E-state index in [1.54, 1.807) is 4.90 Å². The van der Waals surface area contributed by atoms with E-state index in [4.69, 9.17) is 0 Å². The minimum Gasteiger partial charge on any atom is -0.334 e. The van der Waals surface area contributed by atoms with Gasteiger partial charge < -0.3 is 9.88 Å². The number of fused-ring (bicyclic) bond motifs is 1. The normalized spacial score (nSPS) is 11.0. The molecule has 0 unspecified atom stereocenters. The number of nitrogens with zero attached hydrogens (tertiary/aromatic N) is 1. The molecule has 4 heteroatoms. The van der Waals surface area contributed by atoms with Crippen LogP contribution in [0.5, 0.6) is 0 Å². The number of aromatic nitrogens is 1. The van der Waals surface area contributed by atoms with Gasteiger partial charge >= 0.3 is 0 Å². The standard InChI is InChI=1S/C23H26N2O2/c1-5-21(26)25(13-18-10-6-15(2)7-11-18)14-19-12-20-16(3)8-9-17(4)22(20)24-23(19)27/h6-12H,5,13-14H2,1-4H3,(H,24,27). The van der Waals surface area contributed by atoms with Crippen LogP contribution in [-0.4, -0.2) is 15.8 Å². The Morgan fingerprint density at radius 1 is 0.963 bits per heavy atom. The first-order valence-corrected chi connectivity index (χ1v) is 9.34. The third-order valence-corrected chi connectivity index (χ3v) is 5.03. The smallest absolute Gasteiger partial charge is 0.253 e. The molecule has 0 bridgehead atoms. The first-order valence-electron chi connectivity index (χ1n) is 9.34. The Hall–Kier alpha value is -2.88. The highest BCUT2D eigenvalue weighted by molar-refractivity contribution is 5.85. The van der Waals surface area contributed by atoms with Gasteiger partial charge in [0, 0.05) is 23.9 Å². The molecule has 0 radical (unpaired) electrons. The maximum absolute atomic E-state index is 12.6. The van der Waals surface area contributed by atoms with Crippen LogP contribution in [0.25, 0.3) is 10.9 Å². The molecule has 0 spiro atoms. The number of carbonyl (C=O) groups is 1. The van der Waals surface area contributed by atoms with Crippen molar-refractivity contribution < 1.29 is 4.79 Å². The van der Waals surface area contributed by atoms with Gasteiger partial charge in [0.05, 0.1) is 12.1 Å². The van der Waals surface area contributed by atoms with Crippen molar-refractivity contribution in [2.45, 2.75) is 47.2 Å². The molecule has 1 heterocycles. The third-order valence-electron chi connectivity index (χ3n) is 5.03. The number of carbonyl (C=O) groups excluding carboxylic acids is 1. The molecule has 3 rings (SSSR count). The Balaban J connectivity index is 1.97. The summed E-state index contributed by atoms with van der Waals surface area (Å²) in [5.74, 6) is 0.0380. The summed E-state index contributed by atoms with van der Waals surface area (Å²) in [6.07, 6.45) is 0.412. The van der Waals surface area contributed by atoms with E-state index >= 15 is 0 Å². The number of hydrogen-bond donors (Lipinski definition) is 1. The van der Waals surface area contributed by atoms with Crippen LogP contribution in [0.2, 0.25) is 0 Å². The molecule has 3 aromatic rings. The zero-order valence-electron chi connectivity index (χ0n) is 16.4. The zero-order chi connectivity index (χ0) is 19.6. The average molecular weight is 362 g/mol. The molecule has 0 aliphatic carbocycles. The molecule has 0 atom stereocenters. The van der Waals surface area contributed by atoms with Crippen LogP contribution in [0.1, 0.15) is 41.2 Å². The lowest BCUT2D eigenvalue weighted by Crippen LogP contribution is -2.32. The first-order chi connectivity index (χ1) is 12.9. The molecule has 0 aliphatic heterocycles. The third kappa shape index (κ3) is 4.11. The van der Waals surface area contributed by atoms with Crippen LogP contribution in [0, 0.1) is 20.8 Å². The molecule has 27 heavy (non-hydrogen) atoms. The van der Waals surface area contributed by atoms with Gasteiger partial charge in [0.2, 0.25) is 5.91 Å². The second-order valence-electron chi connectivity index (χ2n) is 7.20. The van der Waals surface area contributed by atoms with Crippen molar-refractivity contribution in [3.8, 4) is 0 Å². The second-order valence-corrected chi connectivity index (χ2v) is 7.20. The zero-order valence-corrected chi connectivity index (χ0v) is 16.4. The molecule has 4 nitrogen and oxygen atoms in total. The van der Waals surface area contributed by atoms with E-state index in [2.05, 4.69) is 11.1 Å². The molecule has 0 aliphatic rings. The Morgan fingerprint density at radius 3 is 2.30 bits per heavy atom. The summed E-state index contributed by atoms with van der Waals surface area (Å²) in [5.41, 5.74) is 5.76. The lowest BCUT2D eigenvalue weighted by molar-refractivity contribution is -0.132. The second kappa shape index (κ2) is 7.78. The van der Waals surface area contributed by atoms with Crippen molar-refractivity contribution in [1.29, 1.82) is 0 Å². The summed E-state index contributed by atoms with van der Waals surface area (Å²) in [6.45, 7) is 8.71. The van der Waals surface area contributed by atoms with E-state index in [0.29, 0.717) is 25.1 Å². The van der Waals surface area contributed by atoms with Gasteiger partial charge in [0.1, 0.15) is 0 Å². The van der Waals surface area contributed by atoms with Crippen molar-refractivity contribution >= 4 is 16.8 Å². The van der Waals surface area contributed by atoms with E-state index < -0.39 is 0 Å². The first kappa shape index (κ1) is 18.9. The van der Waals surface area contributed by atoms with Gasteiger partial charge in [-0.15, -0.1) is 0 Å². The Morgan fingerprint density at radius 2 is 1.63 bits per heavy atom. The summed E-state index contributed by atoms with van der Waals surface area (Å²) in [4.78, 5) is 29.9. The van der Waals surface area contributed by atoms with Crippen molar-refractivity contribution in [3.05, 3.63) is 80.6 Å². The summed E-state index contributed by atoms with van der Waals surface area (Å²) in [7, 11) is 0. The van der Waals surface area contributed by atoms with Gasteiger partial charge in [-0.25, -0.2) is 0 Å². The van der Waals surface area contributed by atoms with Crippen molar-refractivity contribution in [2.24, 2.45) is 0 Å². The fourth-order valence-corrected chi connectivity index (χ4v) is 3.31. The Labute approximate surface area is 159 Å². The molecule has 0 saturated carbocycles. The fourth-order valence-electron chi connectivity index (χ4n) is 3.31. The van der Waals surface area contributed by atoms with E-state index in [-0.39, 0.29) is 11.5 Å². The Bertz CT molecular complexity index is 1030. The molecule has 0 fully saturated rings. The van der Waals surface area contributed by atoms with Gasteiger partial charge in [-0.1, -0.05) is 48.9 Å². The van der Waals surface area contributed by atoms with Crippen LogP contribution in [-0.2, 0) is 17.9 Å². The highest BCUT2D eigenvalue weighted by Gasteiger charge is 2.16. The number of aromatic amines is 1. The predicted octanol–water partition coefficient (Wildman–Crippen LogP) is 4.39. The maximum Gasteiger partial charge on any atom is 0.253 e. The molecule has 1 aromatic heterocycles. The summed E-state index contributed by atoms with van der Waals surface area (Å²) >= 11 is 0. The molecule has 1 N–H and O–H groups in total. The van der Waals surface area contributed by atoms with Crippen LogP contribution in [0.4, 0.5) is 0 Å². The number of nitrogens with one attached hydrogen (secondary N) is 1. The fraction of sp³-hybridized carbons (Fsp3) is 0.304. The number of aryl methyl sites for hydroxylation is 3. The number of H-pyrrole nitrogens is 1. The quantitative estimate of drug-likeness (QED) is 0.732. The summed E-state index contributed by atoms with van der Waals surface area (Å²) < 4.78 is 0. The monoisotopic (exact) mass is 362 g/mol. The molecule has 0 saturated heterocycles. The number of hydrogen-bond acceptors (Lipinski definition) is 2. The largest absolute Gasteiger partial charge is 0.334 e. The number of amides is 1. The van der Waals surface area contributed by atoms with Crippen molar-refractivity contribution in [2.75, 3.05) is 0 Å². The van der Waals surface area contributed by atoms with Crippen LogP contribution < -0.4 is 5.56 Å². The SMILES string of the molecule is CCC(=O)N(Cc1ccc(C)cc1)Cc1cc2c(C)ccc(C)c2[nH]c1=O. The van der Waals surface area contributed by atoms with Gasteiger partial charge in [0.15, 0.2) is 0 Å². The minimum atomic E-state index is -0.131. The molecular formula is C23H26N2O2. The molecule has 2 aromatic carbocycles. The number of benzene rings is 2. The topological polar surface area (TPSA) is 53.2 Å². The lowest BCUT2D eigenvalue weighted by Gasteiger charge is -2.22. The van der Waals surface area contributed by atoms with Crippen LogP contribution in [0.3, 0.4) is 0 Å². The van der Waals surface area contributed by atoms with Crippen LogP contribution in [0.15, 0.2) is 47.3 Å². The van der Waals surface area contributed by atoms with E-state index in [1.807, 2.05) is 64.1 Å². The molecule has 140 valence electrons. The minimum absolute atomic E-state index is 0.0380. The molecular weight excluding hydrogens is 336 g/mol.